The molecule has 0 N–H and O–H groups in total. The zero-order chi connectivity index (χ0) is 13.2. The molecular formula is C14H16ClN3S. The summed E-state index contributed by atoms with van der Waals surface area (Å²) in [5.41, 5.74) is 2.40. The van der Waals surface area contributed by atoms with Crippen molar-refractivity contribution in [2.24, 2.45) is 0 Å². The fourth-order valence-corrected chi connectivity index (χ4v) is 3.20. The first kappa shape index (κ1) is 12.9. The molecule has 0 saturated heterocycles. The Morgan fingerprint density at radius 2 is 2.26 bits per heavy atom. The predicted octanol–water partition coefficient (Wildman–Crippen LogP) is 3.92. The number of hydrogen-bond donors (Lipinski definition) is 0. The first-order valence-electron chi connectivity index (χ1n) is 6.56. The molecule has 1 aliphatic rings. The molecule has 0 bridgehead atoms. The molecule has 0 radical (unpaired) electrons. The zero-order valence-electron chi connectivity index (χ0n) is 10.8. The van der Waals surface area contributed by atoms with Crippen LogP contribution in [0.25, 0.3) is 0 Å². The summed E-state index contributed by atoms with van der Waals surface area (Å²) in [4.78, 5) is 11.0. The highest BCUT2D eigenvalue weighted by atomic mass is 35.5. The van der Waals surface area contributed by atoms with Gasteiger partial charge in [0, 0.05) is 18.2 Å². The summed E-state index contributed by atoms with van der Waals surface area (Å²) < 4.78 is 0. The minimum absolute atomic E-state index is 0.587. The van der Waals surface area contributed by atoms with E-state index >= 15 is 0 Å². The van der Waals surface area contributed by atoms with Crippen LogP contribution >= 0.6 is 22.9 Å². The average molecular weight is 294 g/mol. The van der Waals surface area contributed by atoms with Crippen molar-refractivity contribution in [1.82, 2.24) is 9.97 Å². The van der Waals surface area contributed by atoms with Gasteiger partial charge in [-0.3, -0.25) is 0 Å². The molecule has 0 aromatic carbocycles. The van der Waals surface area contributed by atoms with E-state index in [1.165, 1.54) is 18.4 Å². The Bertz CT molecular complexity index is 552. The summed E-state index contributed by atoms with van der Waals surface area (Å²) >= 11 is 7.94. The Balaban J connectivity index is 1.94. The number of rotatable bonds is 5. The van der Waals surface area contributed by atoms with Gasteiger partial charge >= 0.3 is 0 Å². The van der Waals surface area contributed by atoms with Crippen LogP contribution in [0.3, 0.4) is 0 Å². The maximum Gasteiger partial charge on any atom is 0.137 e. The van der Waals surface area contributed by atoms with Crippen LogP contribution in [0.5, 0.6) is 0 Å². The minimum atomic E-state index is 0.587. The first-order chi connectivity index (χ1) is 9.29. The molecule has 2 aromatic rings. The summed E-state index contributed by atoms with van der Waals surface area (Å²) in [6, 6.07) is 2.78. The van der Waals surface area contributed by atoms with Crippen LogP contribution in [0.2, 0.25) is 5.15 Å². The lowest BCUT2D eigenvalue weighted by atomic mass is 10.2. The fraction of sp³-hybridized carbons (Fsp3) is 0.429. The van der Waals surface area contributed by atoms with Crippen molar-refractivity contribution in [3.63, 3.8) is 0 Å². The molecule has 2 heterocycles. The number of thiophene rings is 1. The molecule has 0 atom stereocenters. The van der Waals surface area contributed by atoms with E-state index in [4.69, 9.17) is 11.6 Å². The molecule has 1 fully saturated rings. The molecule has 100 valence electrons. The summed E-state index contributed by atoms with van der Waals surface area (Å²) in [5.74, 6) is 1.01. The Morgan fingerprint density at radius 3 is 2.89 bits per heavy atom. The lowest BCUT2D eigenvalue weighted by molar-refractivity contribution is 0.767. The normalized spacial score (nSPS) is 14.6. The van der Waals surface area contributed by atoms with Crippen LogP contribution in [-0.4, -0.2) is 16.0 Å². The number of aromatic nitrogens is 2. The predicted molar refractivity (Wildman–Crippen MR) is 79.9 cm³/mol. The smallest absolute Gasteiger partial charge is 0.137 e. The Morgan fingerprint density at radius 1 is 1.42 bits per heavy atom. The SMILES string of the molecule is CCc1c(Cl)ncnc1N(Cc1ccsc1)C1CC1. The van der Waals surface area contributed by atoms with E-state index in [1.807, 2.05) is 0 Å². The molecule has 0 unspecified atom stereocenters. The number of nitrogens with zero attached hydrogens (tertiary/aromatic N) is 3. The largest absolute Gasteiger partial charge is 0.349 e. The quantitative estimate of drug-likeness (QED) is 0.782. The standard InChI is InChI=1S/C14H16ClN3S/c1-2-12-13(15)16-9-17-14(12)18(11-3-4-11)7-10-5-6-19-8-10/h5-6,8-9,11H,2-4,7H2,1H3. The van der Waals surface area contributed by atoms with Crippen molar-refractivity contribution >= 4 is 28.8 Å². The van der Waals surface area contributed by atoms with Gasteiger partial charge in [-0.2, -0.15) is 11.3 Å². The van der Waals surface area contributed by atoms with E-state index in [2.05, 4.69) is 38.6 Å². The lowest BCUT2D eigenvalue weighted by Gasteiger charge is -2.25. The van der Waals surface area contributed by atoms with Crippen molar-refractivity contribution in [2.75, 3.05) is 4.90 Å². The van der Waals surface area contributed by atoms with Gasteiger partial charge in [0.15, 0.2) is 0 Å². The first-order valence-corrected chi connectivity index (χ1v) is 7.88. The van der Waals surface area contributed by atoms with Gasteiger partial charge in [0.1, 0.15) is 17.3 Å². The van der Waals surface area contributed by atoms with Gasteiger partial charge in [-0.1, -0.05) is 18.5 Å². The average Bonchev–Trinajstić information content (AvgIpc) is 3.13. The lowest BCUT2D eigenvalue weighted by Crippen LogP contribution is -2.27. The van der Waals surface area contributed by atoms with Crippen LogP contribution in [0.4, 0.5) is 5.82 Å². The maximum atomic E-state index is 6.20. The molecule has 19 heavy (non-hydrogen) atoms. The van der Waals surface area contributed by atoms with E-state index in [0.717, 1.165) is 24.3 Å². The number of anilines is 1. The third kappa shape index (κ3) is 2.74. The molecule has 1 aliphatic carbocycles. The van der Waals surface area contributed by atoms with E-state index in [0.29, 0.717) is 11.2 Å². The second-order valence-electron chi connectivity index (χ2n) is 4.81. The molecular weight excluding hydrogens is 278 g/mol. The molecule has 0 aliphatic heterocycles. The summed E-state index contributed by atoms with van der Waals surface area (Å²) in [6.07, 6.45) is 4.92. The van der Waals surface area contributed by atoms with Gasteiger partial charge in [0.2, 0.25) is 0 Å². The van der Waals surface area contributed by atoms with Crippen molar-refractivity contribution in [3.05, 3.63) is 39.4 Å². The highest BCUT2D eigenvalue weighted by Gasteiger charge is 2.31. The Labute approximate surface area is 122 Å². The number of halogens is 1. The van der Waals surface area contributed by atoms with Gasteiger partial charge in [0.05, 0.1) is 0 Å². The third-order valence-electron chi connectivity index (χ3n) is 3.42. The molecule has 0 spiro atoms. The van der Waals surface area contributed by atoms with Crippen LogP contribution in [0.15, 0.2) is 23.2 Å². The van der Waals surface area contributed by atoms with Gasteiger partial charge in [-0.15, -0.1) is 0 Å². The molecule has 3 rings (SSSR count). The fourth-order valence-electron chi connectivity index (χ4n) is 2.28. The number of hydrogen-bond acceptors (Lipinski definition) is 4. The second kappa shape index (κ2) is 5.47. The second-order valence-corrected chi connectivity index (χ2v) is 5.95. The summed E-state index contributed by atoms with van der Waals surface area (Å²) in [7, 11) is 0. The van der Waals surface area contributed by atoms with Gasteiger partial charge in [-0.05, 0) is 41.7 Å². The monoisotopic (exact) mass is 293 g/mol. The van der Waals surface area contributed by atoms with Crippen molar-refractivity contribution < 1.29 is 0 Å². The van der Waals surface area contributed by atoms with E-state index in [1.54, 1.807) is 17.7 Å². The highest BCUT2D eigenvalue weighted by molar-refractivity contribution is 7.07. The van der Waals surface area contributed by atoms with Gasteiger partial charge in [0.25, 0.3) is 0 Å². The summed E-state index contributed by atoms with van der Waals surface area (Å²) in [5, 5.41) is 4.90. The Kier molecular flexibility index (Phi) is 3.71. The maximum absolute atomic E-state index is 6.20. The van der Waals surface area contributed by atoms with Gasteiger partial charge < -0.3 is 4.90 Å². The van der Waals surface area contributed by atoms with E-state index in [9.17, 15) is 0 Å². The van der Waals surface area contributed by atoms with Crippen LogP contribution in [0.1, 0.15) is 30.9 Å². The summed E-state index contributed by atoms with van der Waals surface area (Å²) in [6.45, 7) is 3.01. The van der Waals surface area contributed by atoms with Crippen LogP contribution < -0.4 is 4.90 Å². The zero-order valence-corrected chi connectivity index (χ0v) is 12.4. The minimum Gasteiger partial charge on any atom is -0.349 e. The van der Waals surface area contributed by atoms with Crippen LogP contribution in [-0.2, 0) is 13.0 Å². The molecule has 5 heteroatoms. The van der Waals surface area contributed by atoms with Crippen molar-refractivity contribution in [1.29, 1.82) is 0 Å². The Hall–Kier alpha value is -1.13. The van der Waals surface area contributed by atoms with Crippen molar-refractivity contribution in [3.8, 4) is 0 Å². The van der Waals surface area contributed by atoms with E-state index in [-0.39, 0.29) is 0 Å². The molecule has 0 amide bonds. The van der Waals surface area contributed by atoms with Crippen LogP contribution in [0, 0.1) is 0 Å². The highest BCUT2D eigenvalue weighted by Crippen LogP contribution is 2.35. The van der Waals surface area contributed by atoms with Crippen molar-refractivity contribution in [2.45, 2.75) is 38.8 Å². The molecule has 2 aromatic heterocycles. The van der Waals surface area contributed by atoms with E-state index < -0.39 is 0 Å². The third-order valence-corrected chi connectivity index (χ3v) is 4.47. The van der Waals surface area contributed by atoms with Gasteiger partial charge in [-0.25, -0.2) is 9.97 Å². The molecule has 3 nitrogen and oxygen atoms in total. The topological polar surface area (TPSA) is 29.0 Å². The molecule has 1 saturated carbocycles.